The second-order valence-electron chi connectivity index (χ2n) is 5.73. The lowest BCUT2D eigenvalue weighted by molar-refractivity contribution is -0.0835. The molecule has 100 valence electrons. The number of nitrogens with zero attached hydrogens (tertiary/aromatic N) is 1. The van der Waals surface area contributed by atoms with Gasteiger partial charge in [-0.05, 0) is 36.1 Å². The third-order valence-corrected chi connectivity index (χ3v) is 4.95. The van der Waals surface area contributed by atoms with E-state index in [2.05, 4.69) is 38.8 Å². The first kappa shape index (κ1) is 11.9. The number of hydrogen-bond acceptors (Lipinski definition) is 2. The smallest absolute Gasteiger partial charge is 0.0672 e. The molecular formula is C15H16BrNO2. The van der Waals surface area contributed by atoms with Gasteiger partial charge in [-0.15, -0.1) is 0 Å². The molecule has 2 aliphatic heterocycles. The highest BCUT2D eigenvalue weighted by Crippen LogP contribution is 2.41. The Bertz CT molecular complexity index is 652. The Hall–Kier alpha value is -0.840. The standard InChI is InChI=1S/C15H16BrNO2/c16-11-4-10-2-1-3-17-6-13(12(5-11)14(10)17)15(7-18)8-19-9-15/h4-6,18H,1-3,7-9H2. The first-order valence-corrected chi connectivity index (χ1v) is 7.53. The molecule has 2 aromatic rings. The summed E-state index contributed by atoms with van der Waals surface area (Å²) in [6.07, 6.45) is 4.57. The van der Waals surface area contributed by atoms with E-state index < -0.39 is 0 Å². The van der Waals surface area contributed by atoms with Crippen LogP contribution in [-0.4, -0.2) is 29.5 Å². The van der Waals surface area contributed by atoms with Crippen LogP contribution in [0.3, 0.4) is 0 Å². The monoisotopic (exact) mass is 321 g/mol. The molecule has 4 rings (SSSR count). The predicted octanol–water partition coefficient (Wildman–Crippen LogP) is 2.61. The van der Waals surface area contributed by atoms with Gasteiger partial charge in [-0.3, -0.25) is 0 Å². The van der Waals surface area contributed by atoms with Crippen molar-refractivity contribution in [2.24, 2.45) is 0 Å². The van der Waals surface area contributed by atoms with E-state index in [0.717, 1.165) is 17.4 Å². The van der Waals surface area contributed by atoms with Gasteiger partial charge in [0.2, 0.25) is 0 Å². The topological polar surface area (TPSA) is 34.4 Å². The molecule has 0 saturated carbocycles. The summed E-state index contributed by atoms with van der Waals surface area (Å²) in [5.74, 6) is 0. The van der Waals surface area contributed by atoms with Gasteiger partial charge >= 0.3 is 0 Å². The normalized spacial score (nSPS) is 20.5. The molecule has 1 N–H and O–H groups in total. The highest BCUT2D eigenvalue weighted by atomic mass is 79.9. The number of rotatable bonds is 2. The van der Waals surface area contributed by atoms with E-state index >= 15 is 0 Å². The largest absolute Gasteiger partial charge is 0.395 e. The van der Waals surface area contributed by atoms with Gasteiger partial charge in [0.15, 0.2) is 0 Å². The molecular weight excluding hydrogens is 306 g/mol. The Kier molecular flexibility index (Phi) is 2.56. The Morgan fingerprint density at radius 3 is 2.89 bits per heavy atom. The number of halogens is 1. The van der Waals surface area contributed by atoms with Crippen LogP contribution in [0.5, 0.6) is 0 Å². The van der Waals surface area contributed by atoms with Crippen LogP contribution < -0.4 is 0 Å². The fraction of sp³-hybridized carbons (Fsp3) is 0.467. The lowest BCUT2D eigenvalue weighted by Gasteiger charge is -2.39. The Morgan fingerprint density at radius 2 is 2.21 bits per heavy atom. The maximum atomic E-state index is 9.78. The highest BCUT2D eigenvalue weighted by molar-refractivity contribution is 9.10. The molecule has 1 fully saturated rings. The van der Waals surface area contributed by atoms with Crippen molar-refractivity contribution in [2.75, 3.05) is 19.8 Å². The molecule has 0 bridgehead atoms. The van der Waals surface area contributed by atoms with Crippen LogP contribution in [0, 0.1) is 0 Å². The van der Waals surface area contributed by atoms with E-state index in [-0.39, 0.29) is 12.0 Å². The van der Waals surface area contributed by atoms with Crippen molar-refractivity contribution in [3.63, 3.8) is 0 Å². The minimum Gasteiger partial charge on any atom is -0.395 e. The molecule has 0 radical (unpaired) electrons. The molecule has 3 nitrogen and oxygen atoms in total. The zero-order chi connectivity index (χ0) is 13.0. The number of hydrogen-bond donors (Lipinski definition) is 1. The summed E-state index contributed by atoms with van der Waals surface area (Å²) in [4.78, 5) is 0. The van der Waals surface area contributed by atoms with Crippen molar-refractivity contribution in [1.82, 2.24) is 4.57 Å². The Balaban J connectivity index is 2.03. The summed E-state index contributed by atoms with van der Waals surface area (Å²) in [5.41, 5.74) is 3.83. The molecule has 1 aromatic heterocycles. The van der Waals surface area contributed by atoms with Crippen molar-refractivity contribution in [1.29, 1.82) is 0 Å². The molecule has 0 aliphatic carbocycles. The average molecular weight is 322 g/mol. The SMILES string of the molecule is OCC1(c2cn3c4c(cc(Br)cc24)CCC3)COC1. The zero-order valence-electron chi connectivity index (χ0n) is 10.7. The molecule has 0 amide bonds. The fourth-order valence-electron chi connectivity index (χ4n) is 3.40. The number of aliphatic hydroxyl groups is 1. The summed E-state index contributed by atoms with van der Waals surface area (Å²) >= 11 is 3.62. The molecule has 19 heavy (non-hydrogen) atoms. The second-order valence-corrected chi connectivity index (χ2v) is 6.65. The van der Waals surface area contributed by atoms with Crippen LogP contribution >= 0.6 is 15.9 Å². The first-order chi connectivity index (χ1) is 9.23. The van der Waals surface area contributed by atoms with Gasteiger partial charge in [-0.2, -0.15) is 0 Å². The van der Waals surface area contributed by atoms with Crippen molar-refractivity contribution >= 4 is 26.8 Å². The van der Waals surface area contributed by atoms with Crippen molar-refractivity contribution in [3.05, 3.63) is 33.9 Å². The van der Waals surface area contributed by atoms with Crippen LogP contribution in [-0.2, 0) is 23.1 Å². The van der Waals surface area contributed by atoms with E-state index in [1.165, 1.54) is 28.5 Å². The number of aliphatic hydroxyl groups excluding tert-OH is 1. The van der Waals surface area contributed by atoms with Crippen molar-refractivity contribution < 1.29 is 9.84 Å². The number of ether oxygens (including phenoxy) is 1. The van der Waals surface area contributed by atoms with E-state index in [1.54, 1.807) is 0 Å². The van der Waals surface area contributed by atoms with Crippen molar-refractivity contribution in [3.8, 4) is 0 Å². The van der Waals surface area contributed by atoms with Crippen LogP contribution in [0.25, 0.3) is 10.9 Å². The van der Waals surface area contributed by atoms with Gasteiger partial charge in [0, 0.05) is 22.6 Å². The lowest BCUT2D eigenvalue weighted by Crippen LogP contribution is -2.49. The number of aryl methyl sites for hydroxylation is 2. The third kappa shape index (κ3) is 1.57. The summed E-state index contributed by atoms with van der Waals surface area (Å²) in [6, 6.07) is 4.41. The first-order valence-electron chi connectivity index (χ1n) is 6.74. The number of benzene rings is 1. The Labute approximate surface area is 120 Å². The van der Waals surface area contributed by atoms with Crippen LogP contribution in [0.15, 0.2) is 22.8 Å². The molecule has 2 aliphatic rings. The fourth-order valence-corrected chi connectivity index (χ4v) is 3.91. The van der Waals surface area contributed by atoms with Gasteiger partial charge in [0.1, 0.15) is 0 Å². The minimum absolute atomic E-state index is 0.161. The van der Waals surface area contributed by atoms with E-state index in [0.29, 0.717) is 13.2 Å². The molecule has 1 aromatic carbocycles. The van der Waals surface area contributed by atoms with Crippen LogP contribution in [0.1, 0.15) is 17.5 Å². The molecule has 1 saturated heterocycles. The maximum Gasteiger partial charge on any atom is 0.0672 e. The van der Waals surface area contributed by atoms with Crippen LogP contribution in [0.4, 0.5) is 0 Å². The molecule has 0 spiro atoms. The predicted molar refractivity (Wildman–Crippen MR) is 77.5 cm³/mol. The van der Waals surface area contributed by atoms with Gasteiger partial charge in [-0.25, -0.2) is 0 Å². The van der Waals surface area contributed by atoms with Crippen LogP contribution in [0.2, 0.25) is 0 Å². The molecule has 0 unspecified atom stereocenters. The summed E-state index contributed by atoms with van der Waals surface area (Å²) in [7, 11) is 0. The second kappa shape index (κ2) is 4.08. The quantitative estimate of drug-likeness (QED) is 0.922. The third-order valence-electron chi connectivity index (χ3n) is 4.49. The zero-order valence-corrected chi connectivity index (χ0v) is 12.2. The highest BCUT2D eigenvalue weighted by Gasteiger charge is 2.42. The minimum atomic E-state index is -0.189. The van der Waals surface area contributed by atoms with Gasteiger partial charge in [0.25, 0.3) is 0 Å². The summed E-state index contributed by atoms with van der Waals surface area (Å²) in [6.45, 7) is 2.50. The van der Waals surface area contributed by atoms with E-state index in [1.807, 2.05) is 0 Å². The summed E-state index contributed by atoms with van der Waals surface area (Å²) < 4.78 is 8.85. The number of aromatic nitrogens is 1. The molecule has 4 heteroatoms. The molecule has 0 atom stereocenters. The van der Waals surface area contributed by atoms with E-state index in [9.17, 15) is 5.11 Å². The molecule has 3 heterocycles. The maximum absolute atomic E-state index is 9.78. The van der Waals surface area contributed by atoms with Gasteiger partial charge in [-0.1, -0.05) is 15.9 Å². The lowest BCUT2D eigenvalue weighted by atomic mass is 9.79. The van der Waals surface area contributed by atoms with E-state index in [4.69, 9.17) is 4.74 Å². The van der Waals surface area contributed by atoms with Crippen molar-refractivity contribution in [2.45, 2.75) is 24.8 Å². The van der Waals surface area contributed by atoms with Gasteiger partial charge < -0.3 is 14.4 Å². The van der Waals surface area contributed by atoms with Gasteiger partial charge in [0.05, 0.1) is 30.8 Å². The summed E-state index contributed by atoms with van der Waals surface area (Å²) in [5, 5.41) is 11.1. The average Bonchev–Trinajstić information content (AvgIpc) is 2.70. The Morgan fingerprint density at radius 1 is 1.37 bits per heavy atom.